The molecule has 0 saturated heterocycles. The van der Waals surface area contributed by atoms with E-state index in [2.05, 4.69) is 15.3 Å². The SMILES string of the molecule is Cc1c(O)/c(=C/O)c2nc3c(=O)ccc(C(=O)NCCN(C)C)c3[nH]c2c1=O. The van der Waals surface area contributed by atoms with Gasteiger partial charge in [-0.25, -0.2) is 4.98 Å². The van der Waals surface area contributed by atoms with Gasteiger partial charge in [0.25, 0.3) is 5.91 Å². The Kier molecular flexibility index (Phi) is 5.02. The Balaban J connectivity index is 2.30. The maximum absolute atomic E-state index is 12.6. The van der Waals surface area contributed by atoms with Crippen molar-refractivity contribution in [3.05, 3.63) is 48.9 Å². The van der Waals surface area contributed by atoms with Crippen LogP contribution < -0.4 is 21.4 Å². The Morgan fingerprint density at radius 1 is 1.25 bits per heavy atom. The topological polar surface area (TPSA) is 136 Å². The second-order valence-electron chi connectivity index (χ2n) is 6.70. The summed E-state index contributed by atoms with van der Waals surface area (Å²) in [7, 11) is 3.75. The molecule has 0 spiro atoms. The second kappa shape index (κ2) is 7.28. The van der Waals surface area contributed by atoms with E-state index >= 15 is 0 Å². The summed E-state index contributed by atoms with van der Waals surface area (Å²) in [5, 5.41) is 22.3. The third kappa shape index (κ3) is 3.16. The van der Waals surface area contributed by atoms with Crippen molar-refractivity contribution in [3.63, 3.8) is 0 Å². The van der Waals surface area contributed by atoms with E-state index in [1.807, 2.05) is 19.0 Å². The van der Waals surface area contributed by atoms with Crippen molar-refractivity contribution in [1.29, 1.82) is 0 Å². The molecule has 0 atom stereocenters. The Morgan fingerprint density at radius 3 is 2.61 bits per heavy atom. The minimum absolute atomic E-state index is 0.0143. The van der Waals surface area contributed by atoms with Gasteiger partial charge in [0.2, 0.25) is 10.9 Å². The molecule has 0 radical (unpaired) electrons. The van der Waals surface area contributed by atoms with E-state index in [0.717, 1.165) is 0 Å². The number of aromatic nitrogens is 2. The lowest BCUT2D eigenvalue weighted by atomic mass is 10.1. The molecule has 28 heavy (non-hydrogen) atoms. The molecule has 146 valence electrons. The van der Waals surface area contributed by atoms with Crippen molar-refractivity contribution in [3.8, 4) is 5.75 Å². The lowest BCUT2D eigenvalue weighted by Gasteiger charge is -2.12. The van der Waals surface area contributed by atoms with E-state index in [1.165, 1.54) is 19.1 Å². The smallest absolute Gasteiger partial charge is 0.253 e. The Morgan fingerprint density at radius 2 is 1.96 bits per heavy atom. The van der Waals surface area contributed by atoms with Crippen molar-refractivity contribution in [2.45, 2.75) is 6.92 Å². The van der Waals surface area contributed by atoms with Gasteiger partial charge in [-0.05, 0) is 33.2 Å². The zero-order chi connectivity index (χ0) is 20.6. The number of fused-ring (bicyclic) bond motifs is 2. The number of phenolic OH excluding ortho intramolecular Hbond substituents is 1. The summed E-state index contributed by atoms with van der Waals surface area (Å²) in [6, 6.07) is 2.58. The normalized spacial score (nSPS) is 12.2. The number of phenols is 1. The molecule has 3 rings (SSSR count). The summed E-state index contributed by atoms with van der Waals surface area (Å²) >= 11 is 0. The number of aromatic amines is 1. The fourth-order valence-corrected chi connectivity index (χ4v) is 2.93. The zero-order valence-corrected chi connectivity index (χ0v) is 15.7. The van der Waals surface area contributed by atoms with Crippen molar-refractivity contribution >= 4 is 34.2 Å². The molecule has 1 amide bonds. The highest BCUT2D eigenvalue weighted by atomic mass is 16.3. The Bertz CT molecular complexity index is 1260. The molecule has 9 heteroatoms. The van der Waals surface area contributed by atoms with Gasteiger partial charge in [0.15, 0.2) is 0 Å². The predicted molar refractivity (Wildman–Crippen MR) is 106 cm³/mol. The molecule has 0 saturated carbocycles. The van der Waals surface area contributed by atoms with E-state index in [4.69, 9.17) is 0 Å². The molecule has 0 aliphatic heterocycles. The lowest BCUT2D eigenvalue weighted by molar-refractivity contribution is 0.0952. The lowest BCUT2D eigenvalue weighted by Crippen LogP contribution is -2.32. The minimum Gasteiger partial charge on any atom is -0.515 e. The average Bonchev–Trinajstić information content (AvgIpc) is 2.66. The van der Waals surface area contributed by atoms with Gasteiger partial charge in [0.1, 0.15) is 22.3 Å². The van der Waals surface area contributed by atoms with Crippen LogP contribution in [0.4, 0.5) is 0 Å². The number of nitrogens with zero attached hydrogens (tertiary/aromatic N) is 2. The first-order valence-electron chi connectivity index (χ1n) is 8.55. The Hall–Kier alpha value is -3.46. The molecule has 4 N–H and O–H groups in total. The van der Waals surface area contributed by atoms with E-state index in [-0.39, 0.29) is 38.4 Å². The summed E-state index contributed by atoms with van der Waals surface area (Å²) in [6.45, 7) is 2.44. The highest BCUT2D eigenvalue weighted by Crippen LogP contribution is 2.17. The second-order valence-corrected chi connectivity index (χ2v) is 6.70. The fraction of sp³-hybridized carbons (Fsp3) is 0.263. The van der Waals surface area contributed by atoms with Crippen molar-refractivity contribution in [2.75, 3.05) is 27.2 Å². The fourth-order valence-electron chi connectivity index (χ4n) is 2.93. The molecule has 3 aromatic rings. The molecule has 9 nitrogen and oxygen atoms in total. The molecule has 2 aromatic carbocycles. The quantitative estimate of drug-likeness (QED) is 0.456. The van der Waals surface area contributed by atoms with Crippen molar-refractivity contribution in [2.24, 2.45) is 0 Å². The number of benzene rings is 2. The molecular weight excluding hydrogens is 364 g/mol. The number of carbonyl (C=O) groups is 1. The number of hydrogen-bond donors (Lipinski definition) is 4. The van der Waals surface area contributed by atoms with E-state index in [9.17, 15) is 24.6 Å². The molecule has 1 heterocycles. The van der Waals surface area contributed by atoms with Crippen molar-refractivity contribution in [1.82, 2.24) is 20.2 Å². The summed E-state index contributed by atoms with van der Waals surface area (Å²) < 4.78 is 0. The number of nitrogens with one attached hydrogen (secondary N) is 2. The highest BCUT2D eigenvalue weighted by Gasteiger charge is 2.18. The number of aliphatic hydroxyl groups is 1. The van der Waals surface area contributed by atoms with Crippen LogP contribution in [0, 0.1) is 6.92 Å². The van der Waals surface area contributed by atoms with Crippen LogP contribution in [-0.2, 0) is 0 Å². The summed E-state index contributed by atoms with van der Waals surface area (Å²) in [4.78, 5) is 46.3. The number of carbonyl (C=O) groups excluding carboxylic acids is 1. The maximum Gasteiger partial charge on any atom is 0.253 e. The van der Waals surface area contributed by atoms with Crippen LogP contribution in [0.1, 0.15) is 15.9 Å². The molecular formula is C19H20N4O5. The van der Waals surface area contributed by atoms with Crippen LogP contribution in [0.15, 0.2) is 21.7 Å². The number of amides is 1. The van der Waals surface area contributed by atoms with Gasteiger partial charge < -0.3 is 25.4 Å². The van der Waals surface area contributed by atoms with Gasteiger partial charge in [-0.2, -0.15) is 0 Å². The average molecular weight is 384 g/mol. The first-order valence-corrected chi connectivity index (χ1v) is 8.55. The molecule has 0 aliphatic carbocycles. The van der Waals surface area contributed by atoms with Crippen LogP contribution in [0.3, 0.4) is 0 Å². The number of rotatable bonds is 4. The van der Waals surface area contributed by atoms with Crippen LogP contribution in [0.5, 0.6) is 5.75 Å². The minimum atomic E-state index is -0.539. The highest BCUT2D eigenvalue weighted by molar-refractivity contribution is 6.06. The largest absolute Gasteiger partial charge is 0.515 e. The summed E-state index contributed by atoms with van der Waals surface area (Å²) in [5.74, 6) is -0.827. The first-order chi connectivity index (χ1) is 13.3. The zero-order valence-electron chi connectivity index (χ0n) is 15.7. The number of H-pyrrole nitrogens is 1. The third-order valence-electron chi connectivity index (χ3n) is 4.50. The molecule has 0 unspecified atom stereocenters. The summed E-state index contributed by atoms with van der Waals surface area (Å²) in [5.41, 5.74) is -0.839. The van der Waals surface area contributed by atoms with E-state index in [1.54, 1.807) is 0 Å². The van der Waals surface area contributed by atoms with Gasteiger partial charge in [0.05, 0.1) is 22.6 Å². The van der Waals surface area contributed by atoms with Gasteiger partial charge >= 0.3 is 0 Å². The van der Waals surface area contributed by atoms with Gasteiger partial charge in [0, 0.05) is 18.7 Å². The Labute approximate surface area is 158 Å². The van der Waals surface area contributed by atoms with E-state index in [0.29, 0.717) is 19.4 Å². The number of aliphatic hydroxyl groups excluding tert-OH is 1. The van der Waals surface area contributed by atoms with Crippen LogP contribution in [0.25, 0.3) is 28.3 Å². The van der Waals surface area contributed by atoms with Crippen LogP contribution in [0.2, 0.25) is 0 Å². The molecule has 1 aromatic heterocycles. The predicted octanol–water partition coefficient (Wildman–Crippen LogP) is -0.243. The molecule has 0 fully saturated rings. The number of hydrogen-bond acceptors (Lipinski definition) is 7. The standard InChI is InChI=1S/C19H20N4O5/c1-9-17(26)11(8-24)14-16(18(9)27)22-13-10(4-5-12(25)15(13)21-14)19(28)20-6-7-23(2)3/h4-5,8,22,24,26H,6-7H2,1-3H3,(H,20,28)/b11-8+. The van der Waals surface area contributed by atoms with Gasteiger partial charge in [-0.15, -0.1) is 0 Å². The summed E-state index contributed by atoms with van der Waals surface area (Å²) in [6.07, 6.45) is 0.624. The number of likely N-dealkylation sites (N-methyl/N-ethyl adjacent to an activating group) is 1. The van der Waals surface area contributed by atoms with Crippen LogP contribution >= 0.6 is 0 Å². The van der Waals surface area contributed by atoms with Gasteiger partial charge in [-0.3, -0.25) is 14.4 Å². The molecule has 0 bridgehead atoms. The number of aromatic hydroxyl groups is 1. The third-order valence-corrected chi connectivity index (χ3v) is 4.50. The maximum atomic E-state index is 12.6. The van der Waals surface area contributed by atoms with Crippen LogP contribution in [-0.4, -0.2) is 58.2 Å². The monoisotopic (exact) mass is 384 g/mol. The first kappa shape index (κ1) is 19.3. The molecule has 0 aliphatic rings. The van der Waals surface area contributed by atoms with Crippen molar-refractivity contribution < 1.29 is 15.0 Å². The van der Waals surface area contributed by atoms with E-state index < -0.39 is 22.5 Å². The van der Waals surface area contributed by atoms with Gasteiger partial charge in [-0.1, -0.05) is 0 Å².